The van der Waals surface area contributed by atoms with E-state index in [1.54, 1.807) is 0 Å². The van der Waals surface area contributed by atoms with Crippen molar-refractivity contribution in [1.29, 1.82) is 0 Å². The summed E-state index contributed by atoms with van der Waals surface area (Å²) in [6.07, 6.45) is 0. The van der Waals surface area contributed by atoms with Crippen molar-refractivity contribution in [3.63, 3.8) is 0 Å². The highest BCUT2D eigenvalue weighted by Gasteiger charge is 2.15. The molecule has 7 heteroatoms. The van der Waals surface area contributed by atoms with Crippen LogP contribution in [0.2, 0.25) is 0 Å². The van der Waals surface area contributed by atoms with Crippen LogP contribution in [0.15, 0.2) is 18.2 Å². The Labute approximate surface area is 105 Å². The number of aromatic carboxylic acids is 1. The molecule has 0 amide bonds. The highest BCUT2D eigenvalue weighted by molar-refractivity contribution is 5.86. The van der Waals surface area contributed by atoms with Crippen molar-refractivity contribution in [3.05, 3.63) is 47.0 Å². The molecule has 1 N–H and O–H groups in total. The van der Waals surface area contributed by atoms with E-state index in [2.05, 4.69) is 9.97 Å². The van der Waals surface area contributed by atoms with E-state index in [1.807, 2.05) is 0 Å². The summed E-state index contributed by atoms with van der Waals surface area (Å²) >= 11 is 0. The van der Waals surface area contributed by atoms with Crippen molar-refractivity contribution in [2.45, 2.75) is 6.92 Å². The zero-order chi connectivity index (χ0) is 14.2. The summed E-state index contributed by atoms with van der Waals surface area (Å²) in [5.41, 5.74) is -0.136. The lowest BCUT2D eigenvalue weighted by atomic mass is 10.2. The number of carboxylic acid groups (broad SMARTS) is 1. The van der Waals surface area contributed by atoms with Gasteiger partial charge in [-0.2, -0.15) is 0 Å². The van der Waals surface area contributed by atoms with Gasteiger partial charge in [-0.3, -0.25) is 0 Å². The second-order valence-corrected chi connectivity index (χ2v) is 3.78. The lowest BCUT2D eigenvalue weighted by molar-refractivity contribution is 0.0690. The molecule has 98 valence electrons. The van der Waals surface area contributed by atoms with Gasteiger partial charge in [-0.25, -0.2) is 27.9 Å². The highest BCUT2D eigenvalue weighted by Crippen LogP contribution is 2.21. The number of rotatable bonds is 2. The van der Waals surface area contributed by atoms with Crippen molar-refractivity contribution >= 4 is 5.97 Å². The predicted molar refractivity (Wildman–Crippen MR) is 59.0 cm³/mol. The topological polar surface area (TPSA) is 63.1 Å². The van der Waals surface area contributed by atoms with E-state index in [1.165, 1.54) is 13.0 Å². The van der Waals surface area contributed by atoms with Crippen LogP contribution < -0.4 is 0 Å². The molecule has 1 aromatic heterocycles. The SMILES string of the molecule is Cc1cc(C(=O)O)nc(-c2cc(F)c(F)c(F)c2)n1. The summed E-state index contributed by atoms with van der Waals surface area (Å²) in [6, 6.07) is 2.62. The minimum absolute atomic E-state index is 0.136. The number of benzene rings is 1. The molecular weight excluding hydrogens is 261 g/mol. The summed E-state index contributed by atoms with van der Waals surface area (Å²) in [5, 5.41) is 8.84. The summed E-state index contributed by atoms with van der Waals surface area (Å²) < 4.78 is 39.0. The van der Waals surface area contributed by atoms with Crippen LogP contribution in [-0.2, 0) is 0 Å². The molecule has 0 saturated carbocycles. The average Bonchev–Trinajstić information content (AvgIpc) is 2.34. The van der Waals surface area contributed by atoms with E-state index < -0.39 is 23.4 Å². The van der Waals surface area contributed by atoms with Gasteiger partial charge in [0, 0.05) is 11.3 Å². The van der Waals surface area contributed by atoms with E-state index in [-0.39, 0.29) is 17.1 Å². The molecule has 0 radical (unpaired) electrons. The van der Waals surface area contributed by atoms with Crippen LogP contribution in [0.25, 0.3) is 11.4 Å². The first-order valence-electron chi connectivity index (χ1n) is 5.12. The number of carboxylic acids is 1. The van der Waals surface area contributed by atoms with Crippen LogP contribution in [0.5, 0.6) is 0 Å². The number of hydrogen-bond acceptors (Lipinski definition) is 3. The zero-order valence-electron chi connectivity index (χ0n) is 9.62. The van der Waals surface area contributed by atoms with Crippen LogP contribution in [-0.4, -0.2) is 21.0 Å². The van der Waals surface area contributed by atoms with E-state index >= 15 is 0 Å². The summed E-state index contributed by atoms with van der Waals surface area (Å²) in [4.78, 5) is 18.3. The molecule has 0 atom stereocenters. The van der Waals surface area contributed by atoms with Crippen molar-refractivity contribution in [1.82, 2.24) is 9.97 Å². The quantitative estimate of drug-likeness (QED) is 0.850. The van der Waals surface area contributed by atoms with Gasteiger partial charge in [0.25, 0.3) is 0 Å². The molecule has 2 aromatic rings. The first-order chi connectivity index (χ1) is 8.88. The maximum absolute atomic E-state index is 13.1. The van der Waals surface area contributed by atoms with Gasteiger partial charge < -0.3 is 5.11 Å². The Morgan fingerprint density at radius 3 is 2.21 bits per heavy atom. The maximum Gasteiger partial charge on any atom is 0.354 e. The summed E-state index contributed by atoms with van der Waals surface area (Å²) in [6.45, 7) is 1.51. The first-order valence-corrected chi connectivity index (χ1v) is 5.12. The third-order valence-corrected chi connectivity index (χ3v) is 2.32. The molecule has 2 rings (SSSR count). The van der Waals surface area contributed by atoms with Gasteiger partial charge in [-0.1, -0.05) is 0 Å². The largest absolute Gasteiger partial charge is 0.477 e. The van der Waals surface area contributed by atoms with Crippen molar-refractivity contribution in [2.24, 2.45) is 0 Å². The molecule has 0 saturated heterocycles. The molecule has 0 bridgehead atoms. The van der Waals surface area contributed by atoms with Crippen molar-refractivity contribution in [2.75, 3.05) is 0 Å². The molecule has 0 aliphatic heterocycles. The van der Waals surface area contributed by atoms with E-state index in [0.717, 1.165) is 0 Å². The second kappa shape index (κ2) is 4.68. The van der Waals surface area contributed by atoms with Crippen molar-refractivity contribution in [3.8, 4) is 11.4 Å². The molecule has 1 heterocycles. The van der Waals surface area contributed by atoms with Gasteiger partial charge in [0.1, 0.15) is 0 Å². The van der Waals surface area contributed by atoms with Crippen molar-refractivity contribution < 1.29 is 23.1 Å². The highest BCUT2D eigenvalue weighted by atomic mass is 19.2. The van der Waals surface area contributed by atoms with E-state index in [4.69, 9.17) is 5.11 Å². The van der Waals surface area contributed by atoms with Gasteiger partial charge in [0.2, 0.25) is 0 Å². The first kappa shape index (κ1) is 13.0. The van der Waals surface area contributed by atoms with Gasteiger partial charge in [-0.15, -0.1) is 0 Å². The van der Waals surface area contributed by atoms with Crippen LogP contribution in [0.4, 0.5) is 13.2 Å². The molecule has 1 aromatic carbocycles. The standard InChI is InChI=1S/C12H7F3N2O2/c1-5-2-9(12(18)19)17-11(16-5)6-3-7(13)10(15)8(14)4-6/h2-4H,1H3,(H,18,19). The Bertz CT molecular complexity index is 651. The van der Waals surface area contributed by atoms with E-state index in [0.29, 0.717) is 17.8 Å². The van der Waals surface area contributed by atoms with Crippen LogP contribution in [0, 0.1) is 24.4 Å². The molecule has 19 heavy (non-hydrogen) atoms. The lowest BCUT2D eigenvalue weighted by Crippen LogP contribution is -2.05. The number of aromatic nitrogens is 2. The Hall–Kier alpha value is -2.44. The Kier molecular flexibility index (Phi) is 3.20. The summed E-state index contributed by atoms with van der Waals surface area (Å²) in [5.74, 6) is -5.87. The Morgan fingerprint density at radius 1 is 1.11 bits per heavy atom. The number of hydrogen-bond donors (Lipinski definition) is 1. The second-order valence-electron chi connectivity index (χ2n) is 3.78. The van der Waals surface area contributed by atoms with E-state index in [9.17, 15) is 18.0 Å². The molecule has 0 unspecified atom stereocenters. The minimum Gasteiger partial charge on any atom is -0.477 e. The molecule has 0 aliphatic carbocycles. The van der Waals surface area contributed by atoms with Gasteiger partial charge in [0.15, 0.2) is 29.0 Å². The third kappa shape index (κ3) is 2.54. The number of carbonyl (C=O) groups is 1. The normalized spacial score (nSPS) is 10.5. The smallest absolute Gasteiger partial charge is 0.354 e. The third-order valence-electron chi connectivity index (χ3n) is 2.32. The minimum atomic E-state index is -1.60. The summed E-state index contributed by atoms with van der Waals surface area (Å²) in [7, 11) is 0. The monoisotopic (exact) mass is 268 g/mol. The number of aryl methyl sites for hydroxylation is 1. The molecule has 0 spiro atoms. The molecule has 4 nitrogen and oxygen atoms in total. The number of halogens is 3. The molecule has 0 aliphatic rings. The molecule has 0 fully saturated rings. The number of nitrogens with zero attached hydrogens (tertiary/aromatic N) is 2. The zero-order valence-corrected chi connectivity index (χ0v) is 9.62. The molecular formula is C12H7F3N2O2. The predicted octanol–water partition coefficient (Wildman–Crippen LogP) is 2.57. The van der Waals surface area contributed by atoms with Crippen LogP contribution in [0.1, 0.15) is 16.2 Å². The Morgan fingerprint density at radius 2 is 1.68 bits per heavy atom. The van der Waals surface area contributed by atoms with Gasteiger partial charge in [0.05, 0.1) is 0 Å². The van der Waals surface area contributed by atoms with Crippen LogP contribution >= 0.6 is 0 Å². The average molecular weight is 268 g/mol. The fourth-order valence-electron chi connectivity index (χ4n) is 1.49. The lowest BCUT2D eigenvalue weighted by Gasteiger charge is -2.04. The fraction of sp³-hybridized carbons (Fsp3) is 0.0833. The van der Waals surface area contributed by atoms with Gasteiger partial charge >= 0.3 is 5.97 Å². The Balaban J connectivity index is 2.62. The van der Waals surface area contributed by atoms with Crippen LogP contribution in [0.3, 0.4) is 0 Å². The maximum atomic E-state index is 13.1. The fourth-order valence-corrected chi connectivity index (χ4v) is 1.49. The van der Waals surface area contributed by atoms with Gasteiger partial charge in [-0.05, 0) is 25.1 Å².